The Morgan fingerprint density at radius 1 is 1.47 bits per heavy atom. The molecule has 2 rings (SSSR count). The van der Waals surface area contributed by atoms with E-state index in [1.165, 1.54) is 12.8 Å². The molecule has 5 N–H and O–H groups in total. The van der Waals surface area contributed by atoms with Gasteiger partial charge in [-0.1, -0.05) is 0 Å². The van der Waals surface area contributed by atoms with Crippen LogP contribution in [-0.2, 0) is 0 Å². The largest absolute Gasteiger partial charge is 0.383 e. The lowest BCUT2D eigenvalue weighted by Gasteiger charge is -2.13. The molecule has 0 aliphatic heterocycles. The van der Waals surface area contributed by atoms with Crippen LogP contribution in [0.25, 0.3) is 0 Å². The summed E-state index contributed by atoms with van der Waals surface area (Å²) in [5.41, 5.74) is 11.1. The third-order valence-electron chi connectivity index (χ3n) is 2.60. The first-order valence-corrected chi connectivity index (χ1v) is 6.05. The molecule has 0 aromatic carbocycles. The molecule has 0 amide bonds. The third-order valence-corrected chi connectivity index (χ3v) is 4.01. The van der Waals surface area contributed by atoms with Crippen molar-refractivity contribution in [3.63, 3.8) is 0 Å². The van der Waals surface area contributed by atoms with Crippen molar-refractivity contribution in [2.24, 2.45) is 0 Å². The Labute approximate surface area is 93.0 Å². The number of nitrogens with two attached hydrogens (primary N) is 2. The van der Waals surface area contributed by atoms with Gasteiger partial charge in [0.2, 0.25) is 5.95 Å². The molecule has 1 aromatic rings. The fourth-order valence-corrected chi connectivity index (χ4v) is 2.15. The Balaban J connectivity index is 1.99. The van der Waals surface area contributed by atoms with Gasteiger partial charge in [-0.15, -0.1) is 0 Å². The minimum Gasteiger partial charge on any atom is -0.383 e. The Kier molecular flexibility index (Phi) is 2.60. The van der Waals surface area contributed by atoms with Crippen molar-refractivity contribution in [1.29, 1.82) is 0 Å². The van der Waals surface area contributed by atoms with Gasteiger partial charge >= 0.3 is 0 Å². The van der Waals surface area contributed by atoms with Crippen LogP contribution in [0.2, 0.25) is 0 Å². The summed E-state index contributed by atoms with van der Waals surface area (Å²) in [6.07, 6.45) is 4.66. The zero-order valence-electron chi connectivity index (χ0n) is 8.66. The van der Waals surface area contributed by atoms with Gasteiger partial charge in [0.05, 0.1) is 0 Å². The quantitative estimate of drug-likeness (QED) is 0.707. The van der Waals surface area contributed by atoms with Crippen LogP contribution in [0, 0.1) is 0 Å². The fraction of sp³-hybridized carbons (Fsp3) is 0.556. The van der Waals surface area contributed by atoms with Gasteiger partial charge in [0.1, 0.15) is 11.6 Å². The summed E-state index contributed by atoms with van der Waals surface area (Å²) >= 11 is 1.90. The Hall–Kier alpha value is -1.17. The van der Waals surface area contributed by atoms with Gasteiger partial charge in [0, 0.05) is 17.4 Å². The van der Waals surface area contributed by atoms with Crippen LogP contribution >= 0.6 is 11.8 Å². The molecule has 82 valence electrons. The summed E-state index contributed by atoms with van der Waals surface area (Å²) < 4.78 is 0.397. The standard InChI is InChI=1S/C9H15N5S/c1-15-9(2-3-9)5-12-7-4-6(10)13-8(11)14-7/h4H,2-3,5H2,1H3,(H5,10,11,12,13,14). The highest BCUT2D eigenvalue weighted by Crippen LogP contribution is 2.46. The summed E-state index contributed by atoms with van der Waals surface area (Å²) in [6, 6.07) is 1.70. The summed E-state index contributed by atoms with van der Waals surface area (Å²) in [4.78, 5) is 7.88. The van der Waals surface area contributed by atoms with Crippen LogP contribution in [0.4, 0.5) is 17.6 Å². The van der Waals surface area contributed by atoms with Crippen molar-refractivity contribution in [2.75, 3.05) is 29.6 Å². The van der Waals surface area contributed by atoms with Gasteiger partial charge in [-0.3, -0.25) is 0 Å². The molecule has 1 fully saturated rings. The first-order valence-electron chi connectivity index (χ1n) is 4.83. The van der Waals surface area contributed by atoms with Crippen molar-refractivity contribution in [2.45, 2.75) is 17.6 Å². The van der Waals surface area contributed by atoms with Crippen molar-refractivity contribution in [1.82, 2.24) is 9.97 Å². The van der Waals surface area contributed by atoms with E-state index in [2.05, 4.69) is 21.5 Å². The molecule has 0 spiro atoms. The van der Waals surface area contributed by atoms with Crippen LogP contribution in [0.3, 0.4) is 0 Å². The molecule has 6 heteroatoms. The number of rotatable bonds is 4. The molecule has 1 heterocycles. The predicted molar refractivity (Wildman–Crippen MR) is 64.8 cm³/mol. The lowest BCUT2D eigenvalue weighted by molar-refractivity contribution is 0.939. The number of nitrogens with one attached hydrogen (secondary N) is 1. The van der Waals surface area contributed by atoms with E-state index in [9.17, 15) is 0 Å². The number of hydrogen-bond acceptors (Lipinski definition) is 6. The molecule has 0 radical (unpaired) electrons. The number of anilines is 3. The van der Waals surface area contributed by atoms with Crippen LogP contribution in [0.1, 0.15) is 12.8 Å². The monoisotopic (exact) mass is 225 g/mol. The van der Waals surface area contributed by atoms with Gasteiger partial charge < -0.3 is 16.8 Å². The maximum absolute atomic E-state index is 5.57. The molecule has 0 atom stereocenters. The second-order valence-corrected chi connectivity index (χ2v) is 5.05. The molecule has 0 unspecified atom stereocenters. The van der Waals surface area contributed by atoms with Gasteiger partial charge in [-0.05, 0) is 19.1 Å². The minimum atomic E-state index is 0.214. The normalized spacial score (nSPS) is 17.4. The van der Waals surface area contributed by atoms with Crippen LogP contribution in [0.15, 0.2) is 6.07 Å². The summed E-state index contributed by atoms with van der Waals surface area (Å²) in [6.45, 7) is 0.907. The summed E-state index contributed by atoms with van der Waals surface area (Å²) in [5, 5.41) is 3.25. The Morgan fingerprint density at radius 2 is 2.20 bits per heavy atom. The molecular weight excluding hydrogens is 210 g/mol. The molecule has 5 nitrogen and oxygen atoms in total. The van der Waals surface area contributed by atoms with Gasteiger partial charge in [0.15, 0.2) is 0 Å². The van der Waals surface area contributed by atoms with Crippen molar-refractivity contribution in [3.8, 4) is 0 Å². The van der Waals surface area contributed by atoms with Crippen LogP contribution < -0.4 is 16.8 Å². The molecular formula is C9H15N5S. The van der Waals surface area contributed by atoms with E-state index in [0.29, 0.717) is 16.4 Å². The first-order chi connectivity index (χ1) is 7.13. The van der Waals surface area contributed by atoms with Crippen molar-refractivity contribution in [3.05, 3.63) is 6.07 Å². The van der Waals surface area contributed by atoms with E-state index in [0.717, 1.165) is 6.54 Å². The predicted octanol–water partition coefficient (Wildman–Crippen LogP) is 0.948. The topological polar surface area (TPSA) is 89.8 Å². The Bertz CT molecular complexity index is 343. The second kappa shape index (κ2) is 3.77. The molecule has 1 aliphatic rings. The Morgan fingerprint density at radius 3 is 2.73 bits per heavy atom. The summed E-state index contributed by atoms with van der Waals surface area (Å²) in [5.74, 6) is 1.32. The number of hydrogen-bond donors (Lipinski definition) is 3. The highest BCUT2D eigenvalue weighted by atomic mass is 32.2. The third kappa shape index (κ3) is 2.44. The van der Waals surface area contributed by atoms with Crippen molar-refractivity contribution < 1.29 is 0 Å². The second-order valence-electron chi connectivity index (χ2n) is 3.78. The molecule has 1 aromatic heterocycles. The van der Waals surface area contributed by atoms with E-state index in [1.807, 2.05) is 11.8 Å². The fourth-order valence-electron chi connectivity index (χ4n) is 1.42. The van der Waals surface area contributed by atoms with Gasteiger partial charge in [-0.25, -0.2) is 0 Å². The zero-order chi connectivity index (χ0) is 10.9. The smallest absolute Gasteiger partial charge is 0.223 e. The SMILES string of the molecule is CSC1(CNc2cc(N)nc(N)n2)CC1. The summed E-state index contributed by atoms with van der Waals surface area (Å²) in [7, 11) is 0. The van der Waals surface area contributed by atoms with E-state index in [4.69, 9.17) is 11.5 Å². The van der Waals surface area contributed by atoms with E-state index in [1.54, 1.807) is 6.07 Å². The molecule has 0 bridgehead atoms. The van der Waals surface area contributed by atoms with Gasteiger partial charge in [-0.2, -0.15) is 21.7 Å². The van der Waals surface area contributed by atoms with E-state index in [-0.39, 0.29) is 5.95 Å². The molecule has 15 heavy (non-hydrogen) atoms. The number of aromatic nitrogens is 2. The molecule has 1 saturated carbocycles. The number of thioether (sulfide) groups is 1. The highest BCUT2D eigenvalue weighted by molar-refractivity contribution is 8.00. The molecule has 0 saturated heterocycles. The van der Waals surface area contributed by atoms with Crippen LogP contribution in [-0.4, -0.2) is 27.5 Å². The average Bonchev–Trinajstić information content (AvgIpc) is 2.94. The van der Waals surface area contributed by atoms with Crippen LogP contribution in [0.5, 0.6) is 0 Å². The first kappa shape index (κ1) is 10.4. The number of nitrogen functional groups attached to an aromatic ring is 2. The van der Waals surface area contributed by atoms with E-state index < -0.39 is 0 Å². The van der Waals surface area contributed by atoms with Gasteiger partial charge in [0.25, 0.3) is 0 Å². The maximum Gasteiger partial charge on any atom is 0.223 e. The maximum atomic E-state index is 5.57. The molecule has 1 aliphatic carbocycles. The van der Waals surface area contributed by atoms with E-state index >= 15 is 0 Å². The minimum absolute atomic E-state index is 0.214. The average molecular weight is 225 g/mol. The zero-order valence-corrected chi connectivity index (χ0v) is 9.47. The van der Waals surface area contributed by atoms with Crippen molar-refractivity contribution >= 4 is 29.3 Å². The lowest BCUT2D eigenvalue weighted by Crippen LogP contribution is -2.18. The lowest BCUT2D eigenvalue weighted by atomic mass is 10.4. The number of nitrogens with zero attached hydrogens (tertiary/aromatic N) is 2. The highest BCUT2D eigenvalue weighted by Gasteiger charge is 2.41.